The number of nitrogens with one attached hydrogen (secondary N) is 1. The van der Waals surface area contributed by atoms with E-state index < -0.39 is 11.2 Å². The highest BCUT2D eigenvalue weighted by atomic mass is 16.5. The number of hydrogen-bond donors (Lipinski definition) is 1. The lowest BCUT2D eigenvalue weighted by atomic mass is 9.95. The summed E-state index contributed by atoms with van der Waals surface area (Å²) in [5.74, 6) is 0.486. The fourth-order valence-electron chi connectivity index (χ4n) is 3.90. The minimum absolute atomic E-state index is 0.0643. The van der Waals surface area contributed by atoms with Gasteiger partial charge in [0.15, 0.2) is 0 Å². The highest BCUT2D eigenvalue weighted by molar-refractivity contribution is 6.09. The number of aromatic amines is 1. The van der Waals surface area contributed by atoms with Gasteiger partial charge in [0.2, 0.25) is 5.78 Å². The molecular weight excluding hydrogens is 408 g/mol. The average molecular weight is 437 g/mol. The van der Waals surface area contributed by atoms with Crippen molar-refractivity contribution < 1.29 is 14.3 Å². The van der Waals surface area contributed by atoms with Crippen molar-refractivity contribution in [2.75, 3.05) is 14.2 Å². The summed E-state index contributed by atoms with van der Waals surface area (Å²) in [5.41, 5.74) is 2.17. The van der Waals surface area contributed by atoms with Crippen LogP contribution >= 0.6 is 0 Å². The van der Waals surface area contributed by atoms with Gasteiger partial charge in [-0.25, -0.2) is 4.79 Å². The molecule has 2 aromatic carbocycles. The summed E-state index contributed by atoms with van der Waals surface area (Å²) in [7, 11) is 3.08. The summed E-state index contributed by atoms with van der Waals surface area (Å²) >= 11 is 0. The Morgan fingerprint density at radius 3 is 2.00 bits per heavy atom. The summed E-state index contributed by atoms with van der Waals surface area (Å²) in [6, 6.07) is 10.8. The van der Waals surface area contributed by atoms with Crippen LogP contribution in [0.2, 0.25) is 0 Å². The molecule has 0 radical (unpaired) electrons. The van der Waals surface area contributed by atoms with Crippen LogP contribution < -0.4 is 20.7 Å². The predicted octanol–water partition coefficient (Wildman–Crippen LogP) is 3.57. The van der Waals surface area contributed by atoms with Crippen molar-refractivity contribution in [3.05, 3.63) is 90.7 Å². The molecule has 1 heterocycles. The lowest BCUT2D eigenvalue weighted by Crippen LogP contribution is -2.38. The number of H-pyrrole nitrogens is 1. The van der Waals surface area contributed by atoms with Crippen LogP contribution in [0.4, 0.5) is 0 Å². The van der Waals surface area contributed by atoms with Crippen molar-refractivity contribution in [3.63, 3.8) is 0 Å². The molecule has 0 aliphatic rings. The normalized spacial score (nSPS) is 11.0. The van der Waals surface area contributed by atoms with Gasteiger partial charge in [0, 0.05) is 17.2 Å². The first-order valence-corrected chi connectivity index (χ1v) is 10.4. The van der Waals surface area contributed by atoms with Crippen molar-refractivity contribution in [2.24, 2.45) is 0 Å². The van der Waals surface area contributed by atoms with E-state index in [0.717, 1.165) is 11.1 Å². The SMILES string of the molecule is COc1cc(Cn2c(C(=O)c3cc(C)cc(C)c3)c(C(C)C)c(=O)[nH]c2=O)cc(OC)c1. The molecule has 168 valence electrons. The van der Waals surface area contributed by atoms with Gasteiger partial charge in [-0.05, 0) is 49.6 Å². The monoisotopic (exact) mass is 436 g/mol. The number of ether oxygens (including phenoxy) is 2. The van der Waals surface area contributed by atoms with Crippen LogP contribution in [0, 0.1) is 13.8 Å². The molecule has 3 aromatic rings. The van der Waals surface area contributed by atoms with E-state index in [1.54, 1.807) is 30.3 Å². The molecule has 0 bridgehead atoms. The van der Waals surface area contributed by atoms with Crippen LogP contribution in [0.25, 0.3) is 0 Å². The van der Waals surface area contributed by atoms with E-state index in [2.05, 4.69) is 4.98 Å². The molecule has 0 unspecified atom stereocenters. The molecule has 0 spiro atoms. The molecule has 7 heteroatoms. The molecule has 0 fully saturated rings. The first-order valence-electron chi connectivity index (χ1n) is 10.4. The Labute approximate surface area is 186 Å². The molecule has 0 atom stereocenters. The Morgan fingerprint density at radius 1 is 0.938 bits per heavy atom. The van der Waals surface area contributed by atoms with Crippen molar-refractivity contribution in [1.29, 1.82) is 0 Å². The number of carbonyl (C=O) groups excluding carboxylic acids is 1. The standard InChI is InChI=1S/C25H28N2O5/c1-14(2)21-22(23(28)18-8-15(3)7-16(4)9-18)27(25(30)26-24(21)29)13-17-10-19(31-5)12-20(11-17)32-6/h7-12,14H,13H2,1-6H3,(H,26,29,30). The molecular formula is C25H28N2O5. The highest BCUT2D eigenvalue weighted by Crippen LogP contribution is 2.25. The van der Waals surface area contributed by atoms with Crippen molar-refractivity contribution in [2.45, 2.75) is 40.2 Å². The first-order chi connectivity index (χ1) is 15.1. The van der Waals surface area contributed by atoms with Gasteiger partial charge in [0.25, 0.3) is 5.56 Å². The number of rotatable bonds is 7. The van der Waals surface area contributed by atoms with Crippen molar-refractivity contribution >= 4 is 5.78 Å². The van der Waals surface area contributed by atoms with Gasteiger partial charge in [0.1, 0.15) is 17.2 Å². The maximum atomic E-state index is 13.7. The second-order valence-corrected chi connectivity index (χ2v) is 8.19. The summed E-state index contributed by atoms with van der Waals surface area (Å²) in [6.45, 7) is 7.52. The third-order valence-electron chi connectivity index (χ3n) is 5.26. The predicted molar refractivity (Wildman–Crippen MR) is 123 cm³/mol. The third-order valence-corrected chi connectivity index (χ3v) is 5.26. The van der Waals surface area contributed by atoms with Gasteiger partial charge in [-0.1, -0.05) is 31.0 Å². The van der Waals surface area contributed by atoms with E-state index in [1.807, 2.05) is 33.8 Å². The van der Waals surface area contributed by atoms with E-state index in [4.69, 9.17) is 9.47 Å². The van der Waals surface area contributed by atoms with Crippen molar-refractivity contribution in [3.8, 4) is 11.5 Å². The average Bonchev–Trinajstić information content (AvgIpc) is 2.73. The van der Waals surface area contributed by atoms with Crippen LogP contribution in [-0.4, -0.2) is 29.6 Å². The maximum absolute atomic E-state index is 13.7. The van der Waals surface area contributed by atoms with Crippen molar-refractivity contribution in [1.82, 2.24) is 9.55 Å². The topological polar surface area (TPSA) is 90.4 Å². The fourth-order valence-corrected chi connectivity index (χ4v) is 3.90. The summed E-state index contributed by atoms with van der Waals surface area (Å²) in [5, 5.41) is 0. The fraction of sp³-hybridized carbons (Fsp3) is 0.320. The summed E-state index contributed by atoms with van der Waals surface area (Å²) in [4.78, 5) is 41.7. The molecule has 32 heavy (non-hydrogen) atoms. The quantitative estimate of drug-likeness (QED) is 0.572. The van der Waals surface area contributed by atoms with E-state index in [-0.39, 0.29) is 29.5 Å². The second kappa shape index (κ2) is 9.26. The molecule has 0 aliphatic carbocycles. The summed E-state index contributed by atoms with van der Waals surface area (Å²) < 4.78 is 12.0. The molecule has 0 saturated carbocycles. The molecule has 7 nitrogen and oxygen atoms in total. The number of benzene rings is 2. The van der Waals surface area contributed by atoms with Gasteiger partial charge in [-0.2, -0.15) is 0 Å². The third kappa shape index (κ3) is 4.66. The first kappa shape index (κ1) is 23.1. The Bertz CT molecular complexity index is 1240. The van der Waals surface area contributed by atoms with E-state index in [0.29, 0.717) is 22.6 Å². The molecule has 1 aromatic heterocycles. The zero-order valence-corrected chi connectivity index (χ0v) is 19.2. The molecule has 1 N–H and O–H groups in total. The molecule has 0 saturated heterocycles. The Kier molecular flexibility index (Phi) is 6.67. The Hall–Kier alpha value is -3.61. The molecule has 3 rings (SSSR count). The molecule has 0 amide bonds. The largest absolute Gasteiger partial charge is 0.497 e. The zero-order valence-electron chi connectivity index (χ0n) is 19.2. The van der Waals surface area contributed by atoms with Crippen LogP contribution in [0.5, 0.6) is 11.5 Å². The lowest BCUT2D eigenvalue weighted by Gasteiger charge is -2.18. The second-order valence-electron chi connectivity index (χ2n) is 8.19. The molecule has 0 aliphatic heterocycles. The maximum Gasteiger partial charge on any atom is 0.329 e. The van der Waals surface area contributed by atoms with E-state index in [1.165, 1.54) is 18.8 Å². The number of methoxy groups -OCH3 is 2. The summed E-state index contributed by atoms with van der Waals surface area (Å²) in [6.07, 6.45) is 0. The minimum Gasteiger partial charge on any atom is -0.497 e. The number of carbonyl (C=O) groups is 1. The zero-order chi connectivity index (χ0) is 23.6. The highest BCUT2D eigenvalue weighted by Gasteiger charge is 2.25. The van der Waals surface area contributed by atoms with Crippen LogP contribution in [0.15, 0.2) is 46.0 Å². The van der Waals surface area contributed by atoms with E-state index >= 15 is 0 Å². The van der Waals surface area contributed by atoms with Gasteiger partial charge in [0.05, 0.1) is 20.8 Å². The lowest BCUT2D eigenvalue weighted by molar-refractivity contribution is 0.102. The Morgan fingerprint density at radius 2 is 1.50 bits per heavy atom. The van der Waals surface area contributed by atoms with Gasteiger partial charge in [-0.3, -0.25) is 19.1 Å². The number of ketones is 1. The number of hydrogen-bond acceptors (Lipinski definition) is 5. The van der Waals surface area contributed by atoms with Gasteiger partial charge in [-0.15, -0.1) is 0 Å². The van der Waals surface area contributed by atoms with Crippen LogP contribution in [0.3, 0.4) is 0 Å². The van der Waals surface area contributed by atoms with E-state index in [9.17, 15) is 14.4 Å². The number of aromatic nitrogens is 2. The number of nitrogens with zero attached hydrogens (tertiary/aromatic N) is 1. The smallest absolute Gasteiger partial charge is 0.329 e. The Balaban J connectivity index is 2.27. The number of aryl methyl sites for hydroxylation is 2. The van der Waals surface area contributed by atoms with Gasteiger partial charge < -0.3 is 9.47 Å². The van der Waals surface area contributed by atoms with Gasteiger partial charge >= 0.3 is 5.69 Å². The minimum atomic E-state index is -0.645. The van der Waals surface area contributed by atoms with Crippen LogP contribution in [-0.2, 0) is 6.54 Å². The van der Waals surface area contributed by atoms with Crippen LogP contribution in [0.1, 0.15) is 58.1 Å².